The molecule has 0 radical (unpaired) electrons. The van der Waals surface area contributed by atoms with Gasteiger partial charge in [0.05, 0.1) is 21.7 Å². The summed E-state index contributed by atoms with van der Waals surface area (Å²) in [5, 5.41) is 0. The van der Waals surface area contributed by atoms with E-state index in [0.717, 1.165) is 20.3 Å². The number of carbonyl (C=O) groups is 1. The molecule has 1 amide bonds. The number of hydrogen-bond acceptors (Lipinski definition) is 4. The Morgan fingerprint density at radius 2 is 1.88 bits per heavy atom. The van der Waals surface area contributed by atoms with Crippen LogP contribution in [0.4, 0.5) is 0 Å². The fraction of sp³-hybridized carbons (Fsp3) is 0.222. The van der Waals surface area contributed by atoms with Gasteiger partial charge in [-0.05, 0) is 33.6 Å². The maximum atomic E-state index is 12.2. The fourth-order valence-electron chi connectivity index (χ4n) is 2.57. The van der Waals surface area contributed by atoms with Crippen LogP contribution in [0.15, 0.2) is 58.0 Å². The minimum atomic E-state index is -3.36. The zero-order chi connectivity index (χ0) is 18.7. The number of hydrogen-bond donors (Lipinski definition) is 0. The predicted molar refractivity (Wildman–Crippen MR) is 108 cm³/mol. The summed E-state index contributed by atoms with van der Waals surface area (Å²) in [5.74, 6) is -0.701. The van der Waals surface area contributed by atoms with Crippen LogP contribution < -0.4 is 4.80 Å². The minimum Gasteiger partial charge on any atom is -0.318 e. The predicted octanol–water partition coefficient (Wildman–Crippen LogP) is 3.43. The zero-order valence-corrected chi connectivity index (χ0v) is 17.3. The number of thiazole rings is 1. The molecule has 0 aliphatic rings. The van der Waals surface area contributed by atoms with E-state index in [-0.39, 0.29) is 17.9 Å². The molecule has 0 aliphatic heterocycles. The number of halogens is 1. The molecule has 0 bridgehead atoms. The van der Waals surface area contributed by atoms with E-state index >= 15 is 0 Å². The maximum absolute atomic E-state index is 12.2. The van der Waals surface area contributed by atoms with Gasteiger partial charge >= 0.3 is 0 Å². The summed E-state index contributed by atoms with van der Waals surface area (Å²) < 4.78 is 28.2. The van der Waals surface area contributed by atoms with Crippen molar-refractivity contribution in [2.75, 3.05) is 5.75 Å². The van der Waals surface area contributed by atoms with E-state index in [9.17, 15) is 13.2 Å². The van der Waals surface area contributed by atoms with E-state index in [1.807, 2.05) is 35.9 Å². The first kappa shape index (κ1) is 19.0. The Morgan fingerprint density at radius 3 is 2.58 bits per heavy atom. The first-order valence-corrected chi connectivity index (χ1v) is 11.3. The third-order valence-corrected chi connectivity index (χ3v) is 7.19. The molecule has 5 nitrogen and oxygen atoms in total. The van der Waals surface area contributed by atoms with E-state index in [0.29, 0.717) is 4.80 Å². The van der Waals surface area contributed by atoms with Crippen LogP contribution in [0.2, 0.25) is 0 Å². The molecular weight excluding hydrogens is 436 g/mol. The highest BCUT2D eigenvalue weighted by molar-refractivity contribution is 9.10. The summed E-state index contributed by atoms with van der Waals surface area (Å²) in [6.07, 6.45) is -0.120. The third kappa shape index (κ3) is 4.49. The molecule has 0 N–H and O–H groups in total. The van der Waals surface area contributed by atoms with Crippen LogP contribution in [0.3, 0.4) is 0 Å². The third-order valence-electron chi connectivity index (χ3n) is 3.85. The van der Waals surface area contributed by atoms with Crippen molar-refractivity contribution in [3.8, 4) is 0 Å². The van der Waals surface area contributed by atoms with Gasteiger partial charge in [-0.25, -0.2) is 8.42 Å². The molecule has 3 rings (SSSR count). The summed E-state index contributed by atoms with van der Waals surface area (Å²) in [5.41, 5.74) is 1.68. The van der Waals surface area contributed by atoms with Gasteiger partial charge in [-0.15, -0.1) is 0 Å². The molecule has 3 aromatic rings. The number of para-hydroxylation sites is 1. The molecule has 0 aliphatic carbocycles. The number of rotatable bonds is 5. The molecule has 0 saturated carbocycles. The number of benzene rings is 2. The number of carbonyl (C=O) groups excluding carboxylic acids is 1. The molecule has 0 fully saturated rings. The van der Waals surface area contributed by atoms with Crippen molar-refractivity contribution in [1.29, 1.82) is 0 Å². The summed E-state index contributed by atoms with van der Waals surface area (Å²) in [6, 6.07) is 14.8. The maximum Gasteiger partial charge on any atom is 0.249 e. The second-order valence-corrected chi connectivity index (χ2v) is 9.91. The van der Waals surface area contributed by atoms with Crippen molar-refractivity contribution in [3.05, 3.63) is 63.4 Å². The van der Waals surface area contributed by atoms with Gasteiger partial charge in [0.25, 0.3) is 0 Å². The summed E-state index contributed by atoms with van der Waals surface area (Å²) in [7, 11) is -1.52. The Balaban J connectivity index is 1.74. The molecule has 26 heavy (non-hydrogen) atoms. The van der Waals surface area contributed by atoms with Gasteiger partial charge in [0.15, 0.2) is 14.6 Å². The number of aromatic nitrogens is 1. The van der Waals surface area contributed by atoms with Crippen LogP contribution >= 0.6 is 27.3 Å². The SMILES string of the molecule is Cn1c(=NC(=O)CCS(=O)(=O)Cc2ccccc2)sc2cccc(Br)c21. The lowest BCUT2D eigenvalue weighted by Crippen LogP contribution is -2.16. The number of aryl methyl sites for hydroxylation is 1. The summed E-state index contributed by atoms with van der Waals surface area (Å²) in [6.45, 7) is 0. The van der Waals surface area contributed by atoms with Gasteiger partial charge in [-0.2, -0.15) is 4.99 Å². The van der Waals surface area contributed by atoms with Crippen LogP contribution in [0, 0.1) is 0 Å². The molecule has 2 aromatic carbocycles. The normalized spacial score (nSPS) is 12.6. The molecular formula is C18H17BrN2O3S2. The lowest BCUT2D eigenvalue weighted by Gasteiger charge is -2.03. The lowest BCUT2D eigenvalue weighted by atomic mass is 10.2. The fourth-order valence-corrected chi connectivity index (χ4v) is 5.73. The minimum absolute atomic E-state index is 0.0647. The van der Waals surface area contributed by atoms with Gasteiger partial charge < -0.3 is 4.57 Å². The molecule has 0 spiro atoms. The zero-order valence-electron chi connectivity index (χ0n) is 14.1. The van der Waals surface area contributed by atoms with Crippen LogP contribution in [-0.4, -0.2) is 24.6 Å². The summed E-state index contributed by atoms with van der Waals surface area (Å²) in [4.78, 5) is 16.8. The standard InChI is InChI=1S/C18H17BrN2O3S2/c1-21-17-14(19)8-5-9-15(17)25-18(21)20-16(22)10-11-26(23,24)12-13-6-3-2-4-7-13/h2-9H,10-12H2,1H3. The lowest BCUT2D eigenvalue weighted by molar-refractivity contribution is -0.117. The highest BCUT2D eigenvalue weighted by atomic mass is 79.9. The number of sulfone groups is 1. The quantitative estimate of drug-likeness (QED) is 0.595. The van der Waals surface area contributed by atoms with Gasteiger partial charge in [0, 0.05) is 17.9 Å². The molecule has 0 atom stereocenters. The Hall–Kier alpha value is -1.77. The first-order chi connectivity index (χ1) is 12.4. The molecule has 1 heterocycles. The van der Waals surface area contributed by atoms with Crippen molar-refractivity contribution >= 4 is 53.2 Å². The Bertz CT molecular complexity index is 1120. The molecule has 8 heteroatoms. The molecule has 0 saturated heterocycles. The second-order valence-electron chi connectivity index (χ2n) is 5.86. The van der Waals surface area contributed by atoms with E-state index in [4.69, 9.17) is 0 Å². The Labute approximate surface area is 164 Å². The van der Waals surface area contributed by atoms with Crippen LogP contribution in [-0.2, 0) is 27.4 Å². The van der Waals surface area contributed by atoms with E-state index in [2.05, 4.69) is 20.9 Å². The molecule has 136 valence electrons. The van der Waals surface area contributed by atoms with Crippen LogP contribution in [0.5, 0.6) is 0 Å². The van der Waals surface area contributed by atoms with Gasteiger partial charge in [0.1, 0.15) is 0 Å². The average molecular weight is 453 g/mol. The second kappa shape index (κ2) is 7.85. The van der Waals surface area contributed by atoms with Crippen molar-refractivity contribution in [2.24, 2.45) is 12.0 Å². The number of fused-ring (bicyclic) bond motifs is 1. The highest BCUT2D eigenvalue weighted by Gasteiger charge is 2.15. The Morgan fingerprint density at radius 1 is 1.15 bits per heavy atom. The largest absolute Gasteiger partial charge is 0.318 e. The summed E-state index contributed by atoms with van der Waals surface area (Å²) >= 11 is 4.89. The Kier molecular flexibility index (Phi) is 5.74. The van der Waals surface area contributed by atoms with Crippen molar-refractivity contribution in [1.82, 2.24) is 4.57 Å². The van der Waals surface area contributed by atoms with Crippen LogP contribution in [0.25, 0.3) is 10.2 Å². The molecule has 1 aromatic heterocycles. The highest BCUT2D eigenvalue weighted by Crippen LogP contribution is 2.24. The first-order valence-electron chi connectivity index (χ1n) is 7.92. The van der Waals surface area contributed by atoms with E-state index < -0.39 is 15.7 Å². The van der Waals surface area contributed by atoms with Gasteiger partial charge in [0.2, 0.25) is 5.91 Å². The van der Waals surface area contributed by atoms with Gasteiger partial charge in [-0.3, -0.25) is 4.79 Å². The monoisotopic (exact) mass is 452 g/mol. The van der Waals surface area contributed by atoms with Crippen molar-refractivity contribution in [2.45, 2.75) is 12.2 Å². The van der Waals surface area contributed by atoms with Crippen molar-refractivity contribution < 1.29 is 13.2 Å². The van der Waals surface area contributed by atoms with Gasteiger partial charge in [-0.1, -0.05) is 47.7 Å². The van der Waals surface area contributed by atoms with E-state index in [1.165, 1.54) is 11.3 Å². The van der Waals surface area contributed by atoms with Crippen LogP contribution in [0.1, 0.15) is 12.0 Å². The number of amides is 1. The smallest absolute Gasteiger partial charge is 0.249 e. The topological polar surface area (TPSA) is 68.5 Å². The number of nitrogens with zero attached hydrogens (tertiary/aromatic N) is 2. The average Bonchev–Trinajstić information content (AvgIpc) is 2.91. The molecule has 0 unspecified atom stereocenters. The van der Waals surface area contributed by atoms with E-state index in [1.54, 1.807) is 24.3 Å². The van der Waals surface area contributed by atoms with Crippen molar-refractivity contribution in [3.63, 3.8) is 0 Å².